The van der Waals surface area contributed by atoms with Gasteiger partial charge in [0.2, 0.25) is 6.29 Å². The van der Waals surface area contributed by atoms with Gasteiger partial charge in [-0.15, -0.1) is 0 Å². The summed E-state index contributed by atoms with van der Waals surface area (Å²) in [6.45, 7) is 1.06. The lowest BCUT2D eigenvalue weighted by molar-refractivity contribution is -0.318. The van der Waals surface area contributed by atoms with E-state index >= 15 is 0 Å². The van der Waals surface area contributed by atoms with Crippen molar-refractivity contribution < 1.29 is 59.4 Å². The fourth-order valence-corrected chi connectivity index (χ4v) is 3.34. The first kappa shape index (κ1) is 23.9. The minimum absolute atomic E-state index is 0.0647. The molecule has 7 N–H and O–H groups in total. The molecule has 2 saturated heterocycles. The molecule has 2 heterocycles. The highest BCUT2D eigenvalue weighted by Gasteiger charge is 2.47. The number of rotatable bonds is 6. The van der Waals surface area contributed by atoms with E-state index < -0.39 is 68.0 Å². The Morgan fingerprint density at radius 2 is 1.48 bits per heavy atom. The summed E-state index contributed by atoms with van der Waals surface area (Å²) >= 11 is 0. The van der Waals surface area contributed by atoms with Gasteiger partial charge in [0.25, 0.3) is 0 Å². The van der Waals surface area contributed by atoms with Gasteiger partial charge in [-0.2, -0.15) is 0 Å². The zero-order chi connectivity index (χ0) is 22.9. The number of aromatic hydroxyl groups is 1. The van der Waals surface area contributed by atoms with Crippen molar-refractivity contribution in [2.24, 2.45) is 0 Å². The lowest BCUT2D eigenvalue weighted by Gasteiger charge is -2.42. The first-order valence-electron chi connectivity index (χ1n) is 9.68. The maximum atomic E-state index is 10.2. The van der Waals surface area contributed by atoms with E-state index in [0.717, 1.165) is 0 Å². The predicted molar refractivity (Wildman–Crippen MR) is 100 cm³/mol. The van der Waals surface area contributed by atoms with E-state index in [0.29, 0.717) is 5.75 Å². The smallest absolute Gasteiger partial charge is 0.229 e. The van der Waals surface area contributed by atoms with E-state index in [2.05, 4.69) is 0 Å². The SMILES string of the molecule is COc1ccc(OC2OC(COC3OC(C)C(O)C(O)C3O)C(O)C(O)C2O)c(O)c1. The zero-order valence-corrected chi connectivity index (χ0v) is 16.9. The highest BCUT2D eigenvalue weighted by Crippen LogP contribution is 2.33. The third-order valence-corrected chi connectivity index (χ3v) is 5.31. The van der Waals surface area contributed by atoms with Gasteiger partial charge in [0, 0.05) is 6.07 Å². The van der Waals surface area contributed by atoms with E-state index in [1.807, 2.05) is 0 Å². The van der Waals surface area contributed by atoms with Gasteiger partial charge in [0.05, 0.1) is 19.8 Å². The van der Waals surface area contributed by atoms with Crippen LogP contribution in [-0.4, -0.2) is 111 Å². The average molecular weight is 448 g/mol. The van der Waals surface area contributed by atoms with Gasteiger partial charge >= 0.3 is 0 Å². The number of hydrogen-bond acceptors (Lipinski definition) is 12. The van der Waals surface area contributed by atoms with Crippen molar-refractivity contribution >= 4 is 0 Å². The molecule has 10 atom stereocenters. The maximum Gasteiger partial charge on any atom is 0.229 e. The van der Waals surface area contributed by atoms with Gasteiger partial charge < -0.3 is 59.4 Å². The number of methoxy groups -OCH3 is 1. The molecule has 0 aromatic heterocycles. The van der Waals surface area contributed by atoms with Crippen LogP contribution in [0, 0.1) is 0 Å². The summed E-state index contributed by atoms with van der Waals surface area (Å²) in [5.74, 6) is -0.00169. The van der Waals surface area contributed by atoms with Crippen LogP contribution in [0.3, 0.4) is 0 Å². The normalized spacial score (nSPS) is 41.0. The second kappa shape index (κ2) is 9.81. The van der Waals surface area contributed by atoms with Crippen molar-refractivity contribution in [1.29, 1.82) is 0 Å². The standard InChI is InChI=1S/C19H28O12/c1-7-12(21)14(23)16(25)18(29-7)28-6-11-13(22)15(24)17(26)19(31-11)30-10-4-3-8(27-2)5-9(10)20/h3-5,7,11-26H,6H2,1-2H3. The van der Waals surface area contributed by atoms with Crippen LogP contribution < -0.4 is 9.47 Å². The Labute approximate surface area is 177 Å². The van der Waals surface area contributed by atoms with E-state index in [1.54, 1.807) is 0 Å². The first-order chi connectivity index (χ1) is 14.6. The highest BCUT2D eigenvalue weighted by atomic mass is 16.7. The Hall–Kier alpha value is -1.74. The molecule has 0 spiro atoms. The number of aliphatic hydroxyl groups excluding tert-OH is 6. The third-order valence-electron chi connectivity index (χ3n) is 5.31. The Kier molecular flexibility index (Phi) is 7.57. The Bertz CT molecular complexity index is 732. The van der Waals surface area contributed by atoms with Gasteiger partial charge in [-0.1, -0.05) is 0 Å². The number of benzene rings is 1. The molecule has 0 saturated carbocycles. The lowest BCUT2D eigenvalue weighted by atomic mass is 9.98. The molecule has 12 heteroatoms. The van der Waals surface area contributed by atoms with Crippen LogP contribution in [0.15, 0.2) is 18.2 Å². The molecule has 10 unspecified atom stereocenters. The fourth-order valence-electron chi connectivity index (χ4n) is 3.34. The minimum Gasteiger partial charge on any atom is -0.504 e. The van der Waals surface area contributed by atoms with E-state index in [-0.39, 0.29) is 11.5 Å². The van der Waals surface area contributed by atoms with Crippen molar-refractivity contribution in [1.82, 2.24) is 0 Å². The third kappa shape index (κ3) is 5.03. The number of phenolic OH excluding ortho intramolecular Hbond substituents is 1. The van der Waals surface area contributed by atoms with Crippen molar-refractivity contribution in [3.05, 3.63) is 18.2 Å². The zero-order valence-electron chi connectivity index (χ0n) is 16.9. The molecule has 0 bridgehead atoms. The Morgan fingerprint density at radius 3 is 2.13 bits per heavy atom. The summed E-state index contributed by atoms with van der Waals surface area (Å²) in [6, 6.07) is 4.14. The van der Waals surface area contributed by atoms with Crippen LogP contribution in [0.25, 0.3) is 0 Å². The second-order valence-corrected chi connectivity index (χ2v) is 7.48. The molecule has 1 aromatic rings. The largest absolute Gasteiger partial charge is 0.504 e. The highest BCUT2D eigenvalue weighted by molar-refractivity contribution is 5.44. The number of phenols is 1. The van der Waals surface area contributed by atoms with Gasteiger partial charge in [0.1, 0.15) is 48.5 Å². The molecule has 1 aromatic carbocycles. The molecule has 2 fully saturated rings. The van der Waals surface area contributed by atoms with Crippen LogP contribution in [0.1, 0.15) is 6.92 Å². The van der Waals surface area contributed by atoms with Gasteiger partial charge in [0.15, 0.2) is 17.8 Å². The molecule has 3 rings (SSSR count). The van der Waals surface area contributed by atoms with E-state index in [9.17, 15) is 35.7 Å². The Balaban J connectivity index is 1.66. The van der Waals surface area contributed by atoms with Crippen LogP contribution in [0.2, 0.25) is 0 Å². The van der Waals surface area contributed by atoms with Crippen LogP contribution in [0.4, 0.5) is 0 Å². The summed E-state index contributed by atoms with van der Waals surface area (Å²) in [5, 5.41) is 70.2. The van der Waals surface area contributed by atoms with E-state index in [4.69, 9.17) is 23.7 Å². The average Bonchev–Trinajstić information content (AvgIpc) is 2.76. The number of ether oxygens (including phenoxy) is 5. The van der Waals surface area contributed by atoms with Crippen LogP contribution >= 0.6 is 0 Å². The van der Waals surface area contributed by atoms with Gasteiger partial charge in [-0.05, 0) is 19.1 Å². The Morgan fingerprint density at radius 1 is 0.839 bits per heavy atom. The van der Waals surface area contributed by atoms with Gasteiger partial charge in [-0.25, -0.2) is 0 Å². The molecule has 0 aliphatic carbocycles. The van der Waals surface area contributed by atoms with Crippen molar-refractivity contribution in [3.63, 3.8) is 0 Å². The molecule has 2 aliphatic rings. The fraction of sp³-hybridized carbons (Fsp3) is 0.684. The first-order valence-corrected chi connectivity index (χ1v) is 9.68. The molecule has 2 aliphatic heterocycles. The van der Waals surface area contributed by atoms with E-state index in [1.165, 1.54) is 32.2 Å². The summed E-state index contributed by atoms with van der Waals surface area (Å²) in [4.78, 5) is 0. The topological polar surface area (TPSA) is 188 Å². The summed E-state index contributed by atoms with van der Waals surface area (Å²) in [6.07, 6.45) is -14.1. The van der Waals surface area contributed by atoms with Crippen LogP contribution in [0.5, 0.6) is 17.2 Å². The minimum atomic E-state index is -1.67. The summed E-state index contributed by atoms with van der Waals surface area (Å²) in [5.41, 5.74) is 0. The lowest BCUT2D eigenvalue weighted by Crippen LogP contribution is -2.61. The molecule has 0 amide bonds. The number of hydrogen-bond donors (Lipinski definition) is 7. The second-order valence-electron chi connectivity index (χ2n) is 7.48. The van der Waals surface area contributed by atoms with Crippen molar-refractivity contribution in [3.8, 4) is 17.2 Å². The maximum absolute atomic E-state index is 10.2. The summed E-state index contributed by atoms with van der Waals surface area (Å²) in [7, 11) is 1.42. The molecule has 0 radical (unpaired) electrons. The molecular weight excluding hydrogens is 420 g/mol. The number of aliphatic hydroxyl groups is 6. The molecule has 31 heavy (non-hydrogen) atoms. The van der Waals surface area contributed by atoms with Gasteiger partial charge in [-0.3, -0.25) is 0 Å². The monoisotopic (exact) mass is 448 g/mol. The quantitative estimate of drug-likeness (QED) is 0.241. The molecular formula is C19H28O12. The van der Waals surface area contributed by atoms with Crippen LogP contribution in [-0.2, 0) is 14.2 Å². The molecule has 12 nitrogen and oxygen atoms in total. The van der Waals surface area contributed by atoms with Crippen molar-refractivity contribution in [2.75, 3.05) is 13.7 Å². The predicted octanol–water partition coefficient (Wildman–Crippen LogP) is -2.57. The molecule has 176 valence electrons. The summed E-state index contributed by atoms with van der Waals surface area (Å²) < 4.78 is 26.6. The van der Waals surface area contributed by atoms with Crippen molar-refractivity contribution in [2.45, 2.75) is 68.3 Å².